The zero-order valence-corrected chi connectivity index (χ0v) is 5.42. The van der Waals surface area contributed by atoms with E-state index in [1.165, 1.54) is 0 Å². The van der Waals surface area contributed by atoms with Crippen LogP contribution in [0.25, 0.3) is 0 Å². The molecule has 0 fully saturated rings. The molecule has 0 amide bonds. The molecule has 0 spiro atoms. The van der Waals surface area contributed by atoms with Crippen LogP contribution >= 0.6 is 21.2 Å². The fourth-order valence-electron chi connectivity index (χ4n) is 0. The highest BCUT2D eigenvalue weighted by Gasteiger charge is 1.80. The van der Waals surface area contributed by atoms with Crippen molar-refractivity contribution in [3.8, 4) is 0 Å². The third kappa shape index (κ3) is 4.78. The van der Waals surface area contributed by atoms with Gasteiger partial charge in [-0.1, -0.05) is 0 Å². The Morgan fingerprint density at radius 2 is 2.00 bits per heavy atom. The Kier molecular flexibility index (Phi) is 3.46. The molecule has 0 radical (unpaired) electrons. The van der Waals surface area contributed by atoms with Crippen LogP contribution in [-0.2, 0) is 0 Å². The predicted octanol–water partition coefficient (Wildman–Crippen LogP) is 1.57. The van der Waals surface area contributed by atoms with Gasteiger partial charge in [0.1, 0.15) is 0 Å². The Morgan fingerprint density at radius 1 is 1.80 bits per heavy atom. The first-order chi connectivity index (χ1) is 2.27. The minimum atomic E-state index is 0.606. The molecule has 32 valence electrons. The summed E-state index contributed by atoms with van der Waals surface area (Å²) in [5.41, 5.74) is 0. The van der Waals surface area contributed by atoms with Crippen molar-refractivity contribution in [2.45, 2.75) is 11.9 Å². The molecular formula is C3H9PS. The molecule has 0 rings (SSSR count). The van der Waals surface area contributed by atoms with Gasteiger partial charge in [-0.05, 0) is 13.6 Å². The molecule has 0 aromatic heterocycles. The summed E-state index contributed by atoms with van der Waals surface area (Å²) in [6.45, 7) is 4.25. The van der Waals surface area contributed by atoms with Crippen LogP contribution in [0.3, 0.4) is 0 Å². The standard InChI is InChI=1S/C3H9PS/c1-3(5)4-2/h3-5H,1-2H3/t3-/m1/s1. The van der Waals surface area contributed by atoms with Crippen LogP contribution in [0.2, 0.25) is 0 Å². The van der Waals surface area contributed by atoms with E-state index in [0.717, 1.165) is 8.58 Å². The van der Waals surface area contributed by atoms with Gasteiger partial charge in [0.05, 0.1) is 0 Å². The highest BCUT2D eigenvalue weighted by molar-refractivity contribution is 7.87. The van der Waals surface area contributed by atoms with Crippen LogP contribution in [0, 0.1) is 0 Å². The van der Waals surface area contributed by atoms with E-state index < -0.39 is 0 Å². The Bertz CT molecular complexity index is 20.9. The maximum Gasteiger partial charge on any atom is 0.0158 e. The molecule has 5 heavy (non-hydrogen) atoms. The third-order valence-corrected chi connectivity index (χ3v) is 2.03. The van der Waals surface area contributed by atoms with Crippen molar-refractivity contribution in [2.24, 2.45) is 0 Å². The minimum absolute atomic E-state index is 0.606. The lowest BCUT2D eigenvalue weighted by molar-refractivity contribution is 1.43. The Balaban J connectivity index is 2.54. The van der Waals surface area contributed by atoms with Gasteiger partial charge in [0.25, 0.3) is 0 Å². The molecule has 0 N–H and O–H groups in total. The highest BCUT2D eigenvalue weighted by Crippen LogP contribution is 2.14. The molecule has 0 aliphatic rings. The molecule has 2 heteroatoms. The first-order valence-electron chi connectivity index (χ1n) is 1.62. The summed E-state index contributed by atoms with van der Waals surface area (Å²) in [4.78, 5) is 0.606. The van der Waals surface area contributed by atoms with E-state index in [4.69, 9.17) is 0 Å². The van der Waals surface area contributed by atoms with E-state index in [1.54, 1.807) is 0 Å². The Morgan fingerprint density at radius 3 is 2.00 bits per heavy atom. The number of rotatable bonds is 1. The van der Waals surface area contributed by atoms with Gasteiger partial charge < -0.3 is 0 Å². The van der Waals surface area contributed by atoms with E-state index in [2.05, 4.69) is 26.2 Å². The van der Waals surface area contributed by atoms with Gasteiger partial charge in [0.2, 0.25) is 0 Å². The molecule has 0 aromatic carbocycles. The third-order valence-electron chi connectivity index (χ3n) is 0.418. The van der Waals surface area contributed by atoms with Crippen LogP contribution in [-0.4, -0.2) is 11.7 Å². The molecule has 0 aromatic rings. The average Bonchev–Trinajstić information content (AvgIpc) is 1.38. The average molecular weight is 108 g/mol. The van der Waals surface area contributed by atoms with Gasteiger partial charge in [0.15, 0.2) is 0 Å². The fourth-order valence-corrected chi connectivity index (χ4v) is 0. The molecule has 0 bridgehead atoms. The Labute approximate surface area is 40.5 Å². The van der Waals surface area contributed by atoms with Crippen LogP contribution in [0.15, 0.2) is 0 Å². The quantitative estimate of drug-likeness (QED) is 0.382. The highest BCUT2D eigenvalue weighted by atomic mass is 32.1. The number of hydrogen-bond donors (Lipinski definition) is 1. The van der Waals surface area contributed by atoms with Crippen molar-refractivity contribution >= 4 is 21.2 Å². The summed E-state index contributed by atoms with van der Waals surface area (Å²) in [5.74, 6) is 0. The van der Waals surface area contributed by atoms with Crippen molar-refractivity contribution in [3.05, 3.63) is 0 Å². The number of thiol groups is 1. The molecule has 0 saturated heterocycles. The monoisotopic (exact) mass is 108 g/mol. The van der Waals surface area contributed by atoms with Crippen molar-refractivity contribution in [1.82, 2.24) is 0 Å². The second kappa shape index (κ2) is 2.99. The van der Waals surface area contributed by atoms with Crippen LogP contribution in [0.5, 0.6) is 0 Å². The fraction of sp³-hybridized carbons (Fsp3) is 1.00. The normalized spacial score (nSPS) is 17.4. The van der Waals surface area contributed by atoms with E-state index in [-0.39, 0.29) is 0 Å². The first kappa shape index (κ1) is 5.78. The first-order valence-corrected chi connectivity index (χ1v) is 3.72. The van der Waals surface area contributed by atoms with Crippen LogP contribution < -0.4 is 0 Å². The van der Waals surface area contributed by atoms with Gasteiger partial charge in [-0.25, -0.2) is 0 Å². The molecule has 1 unspecified atom stereocenters. The SMILES string of the molecule is CP[C@@H](C)S. The lowest BCUT2D eigenvalue weighted by Gasteiger charge is -1.90. The zero-order valence-electron chi connectivity index (χ0n) is 3.52. The predicted molar refractivity (Wildman–Crippen MR) is 32.7 cm³/mol. The van der Waals surface area contributed by atoms with Gasteiger partial charge >= 0.3 is 0 Å². The van der Waals surface area contributed by atoms with E-state index in [0.29, 0.717) is 4.99 Å². The lowest BCUT2D eigenvalue weighted by Crippen LogP contribution is -1.70. The number of hydrogen-bond acceptors (Lipinski definition) is 1. The van der Waals surface area contributed by atoms with E-state index >= 15 is 0 Å². The summed E-state index contributed by atoms with van der Waals surface area (Å²) < 4.78 is 0. The molecule has 0 aliphatic heterocycles. The largest absolute Gasteiger partial charge is 0.172 e. The minimum Gasteiger partial charge on any atom is -0.172 e. The van der Waals surface area contributed by atoms with Gasteiger partial charge in [-0.3, -0.25) is 0 Å². The molecule has 2 atom stereocenters. The molecule has 0 aliphatic carbocycles. The summed E-state index contributed by atoms with van der Waals surface area (Å²) in [7, 11) is 0.978. The Hall–Kier alpha value is 0.780. The molecular weight excluding hydrogens is 99.1 g/mol. The summed E-state index contributed by atoms with van der Waals surface area (Å²) in [5, 5.41) is 0. The smallest absolute Gasteiger partial charge is 0.0158 e. The summed E-state index contributed by atoms with van der Waals surface area (Å²) in [6.07, 6.45) is 0. The van der Waals surface area contributed by atoms with E-state index in [9.17, 15) is 0 Å². The van der Waals surface area contributed by atoms with Crippen LogP contribution in [0.1, 0.15) is 6.92 Å². The second-order valence-corrected chi connectivity index (χ2v) is 3.67. The van der Waals surface area contributed by atoms with Crippen molar-refractivity contribution in [3.63, 3.8) is 0 Å². The molecule has 0 nitrogen and oxygen atoms in total. The lowest BCUT2D eigenvalue weighted by atomic mass is 11.0. The topological polar surface area (TPSA) is 0 Å². The maximum absolute atomic E-state index is 4.11. The summed E-state index contributed by atoms with van der Waals surface area (Å²) >= 11 is 4.11. The molecule has 0 saturated carbocycles. The second-order valence-electron chi connectivity index (χ2n) is 0.965. The zero-order chi connectivity index (χ0) is 4.28. The van der Waals surface area contributed by atoms with Crippen molar-refractivity contribution < 1.29 is 0 Å². The summed E-state index contributed by atoms with van der Waals surface area (Å²) in [6, 6.07) is 0. The maximum atomic E-state index is 4.11. The van der Waals surface area contributed by atoms with Gasteiger partial charge in [-0.15, -0.1) is 8.58 Å². The van der Waals surface area contributed by atoms with Gasteiger partial charge in [0, 0.05) is 4.99 Å². The molecule has 0 heterocycles. The van der Waals surface area contributed by atoms with Crippen molar-refractivity contribution in [2.75, 3.05) is 6.66 Å². The van der Waals surface area contributed by atoms with E-state index in [1.807, 2.05) is 0 Å². The van der Waals surface area contributed by atoms with Crippen molar-refractivity contribution in [1.29, 1.82) is 0 Å². The van der Waals surface area contributed by atoms with Crippen LogP contribution in [0.4, 0.5) is 0 Å². The van der Waals surface area contributed by atoms with Gasteiger partial charge in [-0.2, -0.15) is 12.6 Å².